The van der Waals surface area contributed by atoms with Crippen LogP contribution >= 0.6 is 0 Å². The molecule has 0 fully saturated rings. The fourth-order valence-corrected chi connectivity index (χ4v) is 4.79. The van der Waals surface area contributed by atoms with Gasteiger partial charge in [-0.3, -0.25) is 14.8 Å². The Bertz CT molecular complexity index is 1700. The van der Waals surface area contributed by atoms with Gasteiger partial charge in [0.05, 0.1) is 42.5 Å². The van der Waals surface area contributed by atoms with Gasteiger partial charge in [-0.1, -0.05) is 44.2 Å². The molecule has 3 aromatic heterocycles. The second-order valence-electron chi connectivity index (χ2n) is 11.1. The molecule has 0 unspecified atom stereocenters. The highest BCUT2D eigenvalue weighted by Gasteiger charge is 2.20. The molecular weight excluding hydrogens is 520 g/mol. The predicted octanol–water partition coefficient (Wildman–Crippen LogP) is 5.35. The van der Waals surface area contributed by atoms with E-state index in [0.717, 1.165) is 28.8 Å². The molecule has 1 amide bonds. The number of pyridine rings is 1. The minimum absolute atomic E-state index is 0.00765. The monoisotopic (exact) mass is 554 g/mol. The lowest BCUT2D eigenvalue weighted by molar-refractivity contribution is 0.141. The van der Waals surface area contributed by atoms with Crippen LogP contribution in [0.3, 0.4) is 0 Å². The first kappa shape index (κ1) is 27.7. The van der Waals surface area contributed by atoms with Gasteiger partial charge in [-0.05, 0) is 50.0 Å². The molecule has 0 radical (unpaired) electrons. The fraction of sp³-hybridized carbons (Fsp3) is 0.258. The molecule has 0 aliphatic heterocycles. The maximum atomic E-state index is 12.7. The number of anilines is 1. The number of H-pyrrole nitrogens is 2. The Morgan fingerprint density at radius 1 is 1.07 bits per heavy atom. The summed E-state index contributed by atoms with van der Waals surface area (Å²) in [5.41, 5.74) is 3.02. The van der Waals surface area contributed by atoms with E-state index in [0.29, 0.717) is 35.8 Å². The van der Waals surface area contributed by atoms with E-state index in [4.69, 9.17) is 9.47 Å². The molecule has 0 atom stereocenters. The summed E-state index contributed by atoms with van der Waals surface area (Å²) in [5.74, 6) is 1.07. The molecule has 0 saturated heterocycles. The summed E-state index contributed by atoms with van der Waals surface area (Å²) in [6, 6.07) is 19.1. The number of nitrogens with zero attached hydrogens (tertiary/aromatic N) is 3. The predicted molar refractivity (Wildman–Crippen MR) is 160 cm³/mol. The van der Waals surface area contributed by atoms with Crippen molar-refractivity contribution in [2.45, 2.75) is 20.4 Å². The number of carbonyl (C=O) groups is 1. The minimum atomic E-state index is -0.696. The van der Waals surface area contributed by atoms with Crippen molar-refractivity contribution in [2.24, 2.45) is 5.41 Å². The van der Waals surface area contributed by atoms with Gasteiger partial charge >= 0.3 is 6.09 Å². The van der Waals surface area contributed by atoms with E-state index in [2.05, 4.69) is 39.1 Å². The minimum Gasteiger partial charge on any atom is -0.493 e. The van der Waals surface area contributed by atoms with Crippen LogP contribution < -0.4 is 20.3 Å². The summed E-state index contributed by atoms with van der Waals surface area (Å²) in [6.45, 7) is 6.37. The number of nitrogens with one attached hydrogen (secondary N) is 3. The summed E-state index contributed by atoms with van der Waals surface area (Å²) in [4.78, 5) is 33.4. The van der Waals surface area contributed by atoms with Crippen LogP contribution in [0.25, 0.3) is 22.2 Å². The number of amides is 1. The van der Waals surface area contributed by atoms with Crippen molar-refractivity contribution in [2.75, 3.05) is 32.6 Å². The third-order valence-electron chi connectivity index (χ3n) is 6.41. The molecule has 0 saturated carbocycles. The van der Waals surface area contributed by atoms with Gasteiger partial charge in [0.15, 0.2) is 5.75 Å². The van der Waals surface area contributed by atoms with Gasteiger partial charge in [-0.15, -0.1) is 0 Å². The third-order valence-corrected chi connectivity index (χ3v) is 6.41. The van der Waals surface area contributed by atoms with Gasteiger partial charge in [0.25, 0.3) is 5.56 Å². The van der Waals surface area contributed by atoms with Crippen molar-refractivity contribution >= 4 is 22.7 Å². The van der Waals surface area contributed by atoms with Crippen LogP contribution in [0.15, 0.2) is 84.0 Å². The average Bonchev–Trinajstić information content (AvgIpc) is 3.54. The lowest BCUT2D eigenvalue weighted by atomic mass is 9.94. The highest BCUT2D eigenvalue weighted by molar-refractivity contribution is 5.89. The molecule has 0 aliphatic carbocycles. The number of benzene rings is 2. The lowest BCUT2D eigenvalue weighted by Crippen LogP contribution is -2.33. The summed E-state index contributed by atoms with van der Waals surface area (Å²) in [7, 11) is 4.10. The molecule has 10 nitrogen and oxygen atoms in total. The number of rotatable bonds is 10. The Labute approximate surface area is 237 Å². The number of ether oxygens (including phenoxy) is 2. The maximum absolute atomic E-state index is 12.7. The number of hydrogen-bond acceptors (Lipinski definition) is 6. The van der Waals surface area contributed by atoms with Crippen LogP contribution in [0.1, 0.15) is 19.4 Å². The van der Waals surface area contributed by atoms with Crippen LogP contribution in [0.4, 0.5) is 10.5 Å². The van der Waals surface area contributed by atoms with Crippen molar-refractivity contribution < 1.29 is 14.3 Å². The molecule has 0 aliphatic rings. The van der Waals surface area contributed by atoms with E-state index >= 15 is 0 Å². The number of aromatic nitrogens is 4. The Balaban J connectivity index is 1.25. The van der Waals surface area contributed by atoms with Crippen molar-refractivity contribution in [3.8, 4) is 22.8 Å². The first-order valence-corrected chi connectivity index (χ1v) is 13.3. The standard InChI is InChI=1S/C31H34N6O4/c1-31(2,19-36(3)4)20-40-24-10-11-27-22(12-24)13-28(35-27)26-14-23(15-32-29(26)38)34-30(39)41-25-16-33-37(18-25)17-21-8-6-5-7-9-21/h5-16,18,35H,17,19-20H2,1-4H3,(H,32,38)(H,34,39). The van der Waals surface area contributed by atoms with E-state index in [1.165, 1.54) is 12.4 Å². The highest BCUT2D eigenvalue weighted by atomic mass is 16.6. The number of aromatic amines is 2. The average molecular weight is 555 g/mol. The molecule has 3 N–H and O–H groups in total. The van der Waals surface area contributed by atoms with Gasteiger partial charge in [0.2, 0.25) is 0 Å². The van der Waals surface area contributed by atoms with Gasteiger partial charge in [0.1, 0.15) is 5.75 Å². The number of hydrogen-bond donors (Lipinski definition) is 3. The first-order chi connectivity index (χ1) is 19.6. The summed E-state index contributed by atoms with van der Waals surface area (Å²) >= 11 is 0. The Morgan fingerprint density at radius 2 is 1.88 bits per heavy atom. The second-order valence-corrected chi connectivity index (χ2v) is 11.1. The van der Waals surface area contributed by atoms with E-state index in [-0.39, 0.29) is 11.0 Å². The summed E-state index contributed by atoms with van der Waals surface area (Å²) < 4.78 is 13.2. The number of fused-ring (bicyclic) bond motifs is 1. The Hall–Kier alpha value is -4.83. The second kappa shape index (κ2) is 11.7. The van der Waals surface area contributed by atoms with Crippen molar-refractivity contribution in [1.82, 2.24) is 24.6 Å². The third kappa shape index (κ3) is 7.23. The van der Waals surface area contributed by atoms with E-state index in [1.807, 2.05) is 68.7 Å². The van der Waals surface area contributed by atoms with Crippen LogP contribution in [-0.2, 0) is 6.54 Å². The molecule has 212 valence electrons. The smallest absolute Gasteiger partial charge is 0.417 e. The number of carbonyl (C=O) groups excluding carboxylic acids is 1. The topological polar surface area (TPSA) is 117 Å². The lowest BCUT2D eigenvalue weighted by Gasteiger charge is -2.28. The highest BCUT2D eigenvalue weighted by Crippen LogP contribution is 2.28. The van der Waals surface area contributed by atoms with Gasteiger partial charge < -0.3 is 24.3 Å². The van der Waals surface area contributed by atoms with Gasteiger partial charge in [-0.2, -0.15) is 5.10 Å². The SMILES string of the molecule is CN(C)CC(C)(C)COc1ccc2[nH]c(-c3cc(NC(=O)Oc4cnn(Cc5ccccc5)c4)c[nH]c3=O)cc2c1. The zero-order valence-corrected chi connectivity index (χ0v) is 23.6. The van der Waals surface area contributed by atoms with E-state index in [1.54, 1.807) is 16.9 Å². The molecule has 10 heteroatoms. The van der Waals surface area contributed by atoms with Gasteiger partial charge in [-0.25, -0.2) is 4.79 Å². The molecule has 41 heavy (non-hydrogen) atoms. The largest absolute Gasteiger partial charge is 0.493 e. The van der Waals surface area contributed by atoms with Crippen molar-refractivity contribution in [3.05, 3.63) is 95.2 Å². The normalized spacial score (nSPS) is 11.6. The molecular formula is C31H34N6O4. The summed E-state index contributed by atoms with van der Waals surface area (Å²) in [5, 5.41) is 7.83. The molecule has 2 aromatic carbocycles. The maximum Gasteiger partial charge on any atom is 0.417 e. The van der Waals surface area contributed by atoms with Crippen LogP contribution in [0.5, 0.6) is 11.5 Å². The van der Waals surface area contributed by atoms with Crippen LogP contribution in [0.2, 0.25) is 0 Å². The van der Waals surface area contributed by atoms with E-state index in [9.17, 15) is 9.59 Å². The zero-order chi connectivity index (χ0) is 29.0. The van der Waals surface area contributed by atoms with Crippen LogP contribution in [0, 0.1) is 5.41 Å². The molecule has 0 spiro atoms. The molecule has 3 heterocycles. The zero-order valence-electron chi connectivity index (χ0n) is 23.6. The molecule has 5 aromatic rings. The van der Waals surface area contributed by atoms with E-state index < -0.39 is 6.09 Å². The van der Waals surface area contributed by atoms with Crippen molar-refractivity contribution in [3.63, 3.8) is 0 Å². The Kier molecular flexibility index (Phi) is 7.93. The molecule has 5 rings (SSSR count). The molecule has 0 bridgehead atoms. The fourth-order valence-electron chi connectivity index (χ4n) is 4.79. The Morgan fingerprint density at radius 3 is 2.66 bits per heavy atom. The first-order valence-electron chi connectivity index (χ1n) is 13.3. The summed E-state index contributed by atoms with van der Waals surface area (Å²) in [6.07, 6.45) is 3.86. The van der Waals surface area contributed by atoms with Crippen molar-refractivity contribution in [1.29, 1.82) is 0 Å². The van der Waals surface area contributed by atoms with Crippen LogP contribution in [-0.4, -0.2) is 58.0 Å². The quantitative estimate of drug-likeness (QED) is 0.214. The van der Waals surface area contributed by atoms with Gasteiger partial charge in [0, 0.05) is 29.1 Å².